The molecule has 10 aromatic rings. The number of fused-ring (bicyclic) bond motifs is 7. The lowest BCUT2D eigenvalue weighted by atomic mass is 9.86. The minimum atomic E-state index is 0.459. The van der Waals surface area contributed by atoms with E-state index in [-0.39, 0.29) is 0 Å². The Morgan fingerprint density at radius 3 is 1.70 bits per heavy atom. The zero-order chi connectivity index (χ0) is 36.2. The van der Waals surface area contributed by atoms with Crippen molar-refractivity contribution in [3.05, 3.63) is 199 Å². The van der Waals surface area contributed by atoms with Crippen molar-refractivity contribution in [2.24, 2.45) is 0 Å². The summed E-state index contributed by atoms with van der Waals surface area (Å²) in [6.07, 6.45) is 0. The van der Waals surface area contributed by atoms with Gasteiger partial charge in [-0.15, -0.1) is 0 Å². The van der Waals surface area contributed by atoms with Gasteiger partial charge in [-0.3, -0.25) is 0 Å². The summed E-state index contributed by atoms with van der Waals surface area (Å²) in [7, 11) is 0. The van der Waals surface area contributed by atoms with Crippen molar-refractivity contribution in [3.8, 4) is 50.8 Å². The molecule has 8 aromatic carbocycles. The number of benzene rings is 8. The summed E-state index contributed by atoms with van der Waals surface area (Å²) in [5.74, 6) is 0. The Morgan fingerprint density at radius 1 is 0.463 bits per heavy atom. The first-order chi connectivity index (χ1) is 26.8. The first-order valence-corrected chi connectivity index (χ1v) is 18.0. The number of aromatic nitrogens is 2. The maximum absolute atomic E-state index is 10.8. The lowest BCUT2D eigenvalue weighted by Crippen LogP contribution is -1.98. The van der Waals surface area contributed by atoms with E-state index in [1.165, 1.54) is 5.39 Å². The second-order valence-electron chi connectivity index (χ2n) is 13.4. The van der Waals surface area contributed by atoms with E-state index in [2.05, 4.69) is 135 Å². The van der Waals surface area contributed by atoms with E-state index < -0.39 is 0 Å². The van der Waals surface area contributed by atoms with Crippen molar-refractivity contribution in [3.63, 3.8) is 0 Å². The summed E-state index contributed by atoms with van der Waals surface area (Å²) in [6, 6.07) is 65.1. The van der Waals surface area contributed by atoms with Crippen LogP contribution < -0.4 is 0 Å². The Hall–Kier alpha value is -7.66. The fraction of sp³-hybridized carbons (Fsp3) is 0. The van der Waals surface area contributed by atoms with Gasteiger partial charge < -0.3 is 9.13 Å². The van der Waals surface area contributed by atoms with Gasteiger partial charge >= 0.3 is 0 Å². The predicted octanol–water partition coefficient (Wildman–Crippen LogP) is 13.3. The van der Waals surface area contributed by atoms with E-state index in [1.807, 2.05) is 66.7 Å². The van der Waals surface area contributed by atoms with E-state index in [0.29, 0.717) is 16.8 Å². The maximum atomic E-state index is 10.8. The van der Waals surface area contributed by atoms with Gasteiger partial charge in [-0.05, 0) is 64.2 Å². The Labute approximate surface area is 312 Å². The molecule has 250 valence electrons. The quantitative estimate of drug-likeness (QED) is 0.166. The molecule has 10 rings (SSSR count). The average Bonchev–Trinajstić information content (AvgIpc) is 3.77. The zero-order valence-corrected chi connectivity index (χ0v) is 29.1. The topological polar surface area (TPSA) is 38.0 Å². The van der Waals surface area contributed by atoms with Gasteiger partial charge in [0.1, 0.15) is 0 Å². The third-order valence-electron chi connectivity index (χ3n) is 10.6. The first-order valence-electron chi connectivity index (χ1n) is 18.0. The third kappa shape index (κ3) is 4.61. The smallest absolute Gasteiger partial charge is 0.203 e. The molecule has 0 saturated heterocycles. The minimum absolute atomic E-state index is 0.459. The van der Waals surface area contributed by atoms with E-state index in [1.54, 1.807) is 0 Å². The van der Waals surface area contributed by atoms with Gasteiger partial charge in [-0.2, -0.15) is 5.26 Å². The molecule has 0 amide bonds. The van der Waals surface area contributed by atoms with Crippen molar-refractivity contribution in [2.75, 3.05) is 0 Å². The molecule has 2 aromatic heterocycles. The van der Waals surface area contributed by atoms with Crippen LogP contribution in [0.4, 0.5) is 5.69 Å². The number of nitrogens with zero attached hydrogens (tertiary/aromatic N) is 4. The van der Waals surface area contributed by atoms with Crippen LogP contribution in [0.2, 0.25) is 0 Å². The molecule has 0 saturated carbocycles. The molecule has 0 N–H and O–H groups in total. The number of nitriles is 1. The fourth-order valence-electron chi connectivity index (χ4n) is 8.35. The van der Waals surface area contributed by atoms with E-state index in [9.17, 15) is 5.26 Å². The highest BCUT2D eigenvalue weighted by Gasteiger charge is 2.26. The summed E-state index contributed by atoms with van der Waals surface area (Å²) in [4.78, 5) is 4.24. The first kappa shape index (κ1) is 31.1. The van der Waals surface area contributed by atoms with Crippen molar-refractivity contribution >= 4 is 49.3 Å². The van der Waals surface area contributed by atoms with Gasteiger partial charge in [0.05, 0.1) is 40.3 Å². The Morgan fingerprint density at radius 2 is 1.04 bits per heavy atom. The number of para-hydroxylation sites is 4. The molecule has 54 heavy (non-hydrogen) atoms. The Balaban J connectivity index is 1.41. The van der Waals surface area contributed by atoms with Crippen LogP contribution in [-0.2, 0) is 0 Å². The molecular formula is C50H30N4. The molecule has 0 atom stereocenters. The molecule has 0 aliphatic carbocycles. The predicted molar refractivity (Wildman–Crippen MR) is 222 cm³/mol. The van der Waals surface area contributed by atoms with Crippen molar-refractivity contribution in [2.45, 2.75) is 0 Å². The van der Waals surface area contributed by atoms with Crippen LogP contribution in [0.25, 0.3) is 93.2 Å². The van der Waals surface area contributed by atoms with Crippen molar-refractivity contribution < 1.29 is 0 Å². The molecule has 0 unspecified atom stereocenters. The third-order valence-corrected chi connectivity index (χ3v) is 10.6. The molecular weight excluding hydrogens is 657 g/mol. The van der Waals surface area contributed by atoms with Crippen LogP contribution in [0.1, 0.15) is 5.56 Å². The minimum Gasteiger partial charge on any atom is -0.309 e. The standard InChI is InChI=1S/C50H30N4/c1-52-48-42(31-41(33-17-6-2-7-18-33)43(32-51)46(48)34-19-8-3-9-20-34)38-27-16-26-37-39-29-30-45-47(50(39)54(49(37)38)36-23-12-5-13-24-36)40-25-14-15-28-44(40)53(45)35-21-10-4-11-22-35/h2-31H. The van der Waals surface area contributed by atoms with E-state index in [4.69, 9.17) is 6.57 Å². The van der Waals surface area contributed by atoms with E-state index >= 15 is 0 Å². The Bertz CT molecular complexity index is 3140. The summed E-state index contributed by atoms with van der Waals surface area (Å²) in [5, 5.41) is 15.3. The molecule has 4 nitrogen and oxygen atoms in total. The van der Waals surface area contributed by atoms with Crippen LogP contribution in [0.15, 0.2) is 182 Å². The summed E-state index contributed by atoms with van der Waals surface area (Å²) < 4.78 is 4.74. The average molecular weight is 687 g/mol. The van der Waals surface area contributed by atoms with Crippen LogP contribution in [0, 0.1) is 17.9 Å². The molecule has 0 fully saturated rings. The normalized spacial score (nSPS) is 11.3. The maximum Gasteiger partial charge on any atom is 0.203 e. The molecule has 0 aliphatic heterocycles. The summed E-state index contributed by atoms with van der Waals surface area (Å²) >= 11 is 0. The van der Waals surface area contributed by atoms with Gasteiger partial charge in [-0.1, -0.05) is 146 Å². The second kappa shape index (κ2) is 12.5. The largest absolute Gasteiger partial charge is 0.309 e. The van der Waals surface area contributed by atoms with Crippen LogP contribution in [0.3, 0.4) is 0 Å². The SMILES string of the molecule is [C-]#[N+]c1c(-c2cccc3c4ccc5c(c6ccccc6n5-c5ccccc5)c4n(-c4ccccc4)c23)cc(-c2ccccc2)c(C#N)c1-c1ccccc1. The summed E-state index contributed by atoms with van der Waals surface area (Å²) in [6.45, 7) is 8.69. The second-order valence-corrected chi connectivity index (χ2v) is 13.4. The van der Waals surface area contributed by atoms with Crippen LogP contribution >= 0.6 is 0 Å². The van der Waals surface area contributed by atoms with Crippen LogP contribution in [0.5, 0.6) is 0 Å². The molecule has 2 heterocycles. The van der Waals surface area contributed by atoms with Gasteiger partial charge in [0.25, 0.3) is 0 Å². The summed E-state index contributed by atoms with van der Waals surface area (Å²) in [5.41, 5.74) is 12.4. The Kier molecular flexibility index (Phi) is 7.22. The van der Waals surface area contributed by atoms with E-state index in [0.717, 1.165) is 77.4 Å². The monoisotopic (exact) mass is 686 g/mol. The fourth-order valence-corrected chi connectivity index (χ4v) is 8.35. The molecule has 4 heteroatoms. The highest BCUT2D eigenvalue weighted by Crippen LogP contribution is 2.50. The van der Waals surface area contributed by atoms with Gasteiger partial charge in [0, 0.05) is 38.5 Å². The lowest BCUT2D eigenvalue weighted by Gasteiger charge is -2.19. The number of rotatable bonds is 5. The highest BCUT2D eigenvalue weighted by atomic mass is 15.0. The number of hydrogen-bond donors (Lipinski definition) is 0. The number of hydrogen-bond acceptors (Lipinski definition) is 1. The molecule has 0 spiro atoms. The van der Waals surface area contributed by atoms with Gasteiger partial charge in [-0.25, -0.2) is 4.85 Å². The van der Waals surface area contributed by atoms with Gasteiger partial charge in [0.15, 0.2) is 0 Å². The highest BCUT2D eigenvalue weighted by molar-refractivity contribution is 6.27. The van der Waals surface area contributed by atoms with Crippen LogP contribution in [-0.4, -0.2) is 9.13 Å². The molecule has 0 aliphatic rings. The van der Waals surface area contributed by atoms with Crippen molar-refractivity contribution in [1.29, 1.82) is 5.26 Å². The zero-order valence-electron chi connectivity index (χ0n) is 29.1. The van der Waals surface area contributed by atoms with Gasteiger partial charge in [0.2, 0.25) is 5.69 Å². The molecule has 0 bridgehead atoms. The molecule has 0 radical (unpaired) electrons. The van der Waals surface area contributed by atoms with Crippen molar-refractivity contribution in [1.82, 2.24) is 9.13 Å². The lowest BCUT2D eigenvalue weighted by molar-refractivity contribution is 1.17.